The molecule has 0 aliphatic carbocycles. The Morgan fingerprint density at radius 2 is 1.53 bits per heavy atom. The van der Waals surface area contributed by atoms with Gasteiger partial charge in [0.25, 0.3) is 5.91 Å². The summed E-state index contributed by atoms with van der Waals surface area (Å²) in [5.41, 5.74) is 4.72. The van der Waals surface area contributed by atoms with E-state index in [1.165, 1.54) is 5.56 Å². The van der Waals surface area contributed by atoms with Gasteiger partial charge in [0, 0.05) is 18.7 Å². The quantitative estimate of drug-likeness (QED) is 0.249. The third-order valence-electron chi connectivity index (χ3n) is 5.92. The van der Waals surface area contributed by atoms with Crippen molar-refractivity contribution in [1.82, 2.24) is 9.96 Å². The van der Waals surface area contributed by atoms with E-state index in [4.69, 9.17) is 4.74 Å². The van der Waals surface area contributed by atoms with E-state index in [0.717, 1.165) is 16.7 Å². The number of carbonyl (C=O) groups excluding carboxylic acids is 2. The molecule has 34 heavy (non-hydrogen) atoms. The smallest absolute Gasteiger partial charge is 0.254 e. The van der Waals surface area contributed by atoms with Crippen molar-refractivity contribution in [3.8, 4) is 16.9 Å². The van der Waals surface area contributed by atoms with Crippen LogP contribution in [0.5, 0.6) is 5.75 Å². The van der Waals surface area contributed by atoms with E-state index in [2.05, 4.69) is 31.2 Å². The summed E-state index contributed by atoms with van der Waals surface area (Å²) in [6, 6.07) is 22.6. The summed E-state index contributed by atoms with van der Waals surface area (Å²) in [5.74, 6) is 0.565. The van der Waals surface area contributed by atoms with Crippen molar-refractivity contribution in [3.63, 3.8) is 0 Å². The standard InChI is InChI=1S/C28H32N2O4/c1-4-29(5-2)28(32)27-9-7-6-8-24(27)18-25(30(33)20-31)19-34-26-16-14-23(15-17-26)22-12-10-21(3)11-13-22/h6-17,20,25,33H,4-5,18-19H2,1-3H3. The van der Waals surface area contributed by atoms with Crippen LogP contribution in [0.1, 0.15) is 35.3 Å². The van der Waals surface area contributed by atoms with Crippen molar-refractivity contribution in [2.24, 2.45) is 0 Å². The average Bonchev–Trinajstić information content (AvgIpc) is 2.87. The number of benzene rings is 3. The van der Waals surface area contributed by atoms with E-state index >= 15 is 0 Å². The van der Waals surface area contributed by atoms with Crippen LogP contribution in [0.15, 0.2) is 72.8 Å². The van der Waals surface area contributed by atoms with Gasteiger partial charge in [-0.25, -0.2) is 5.06 Å². The van der Waals surface area contributed by atoms with Crippen LogP contribution in [0.25, 0.3) is 11.1 Å². The van der Waals surface area contributed by atoms with Crippen molar-refractivity contribution in [2.45, 2.75) is 33.2 Å². The molecule has 3 rings (SSSR count). The molecule has 6 nitrogen and oxygen atoms in total. The SMILES string of the molecule is CCN(CC)C(=O)c1ccccc1CC(COc1ccc(-c2ccc(C)cc2)cc1)N(O)C=O. The fraction of sp³-hybridized carbons (Fsp3) is 0.286. The lowest BCUT2D eigenvalue weighted by Gasteiger charge is -2.25. The maximum Gasteiger partial charge on any atom is 0.254 e. The normalized spacial score (nSPS) is 11.5. The van der Waals surface area contributed by atoms with Crippen molar-refractivity contribution in [3.05, 3.63) is 89.5 Å². The number of hydroxylamine groups is 2. The number of aryl methyl sites for hydroxylation is 1. The third kappa shape index (κ3) is 6.23. The van der Waals surface area contributed by atoms with Gasteiger partial charge in [-0.2, -0.15) is 0 Å². The summed E-state index contributed by atoms with van der Waals surface area (Å²) in [6.45, 7) is 7.22. The molecule has 3 aromatic rings. The zero-order chi connectivity index (χ0) is 24.5. The molecule has 0 aromatic heterocycles. The Labute approximate surface area is 201 Å². The average molecular weight is 461 g/mol. The van der Waals surface area contributed by atoms with Crippen LogP contribution in [0.3, 0.4) is 0 Å². The van der Waals surface area contributed by atoms with Crippen LogP contribution in [0.2, 0.25) is 0 Å². The van der Waals surface area contributed by atoms with Gasteiger partial charge >= 0.3 is 0 Å². The summed E-state index contributed by atoms with van der Waals surface area (Å²) in [7, 11) is 0. The maximum atomic E-state index is 12.9. The van der Waals surface area contributed by atoms with Gasteiger partial charge < -0.3 is 9.64 Å². The highest BCUT2D eigenvalue weighted by Crippen LogP contribution is 2.23. The topological polar surface area (TPSA) is 70.1 Å². The summed E-state index contributed by atoms with van der Waals surface area (Å²) in [6.07, 6.45) is 0.642. The molecule has 178 valence electrons. The summed E-state index contributed by atoms with van der Waals surface area (Å²) < 4.78 is 5.91. The molecule has 0 aliphatic rings. The van der Waals surface area contributed by atoms with Crippen LogP contribution in [-0.4, -0.2) is 53.2 Å². The minimum Gasteiger partial charge on any atom is -0.491 e. The van der Waals surface area contributed by atoms with Crippen molar-refractivity contribution in [1.29, 1.82) is 0 Å². The van der Waals surface area contributed by atoms with Gasteiger partial charge in [0.15, 0.2) is 0 Å². The number of carbonyl (C=O) groups is 2. The Morgan fingerprint density at radius 3 is 2.12 bits per heavy atom. The Kier molecular flexibility index (Phi) is 8.82. The molecule has 0 fully saturated rings. The van der Waals surface area contributed by atoms with Gasteiger partial charge in [0.2, 0.25) is 6.41 Å². The Hall–Kier alpha value is -3.64. The third-order valence-corrected chi connectivity index (χ3v) is 5.92. The Balaban J connectivity index is 1.72. The van der Waals surface area contributed by atoms with Crippen LogP contribution in [0.4, 0.5) is 0 Å². The van der Waals surface area contributed by atoms with Gasteiger partial charge in [-0.3, -0.25) is 14.8 Å². The number of ether oxygens (including phenoxy) is 1. The maximum absolute atomic E-state index is 12.9. The second-order valence-corrected chi connectivity index (χ2v) is 8.18. The van der Waals surface area contributed by atoms with Gasteiger partial charge in [-0.15, -0.1) is 0 Å². The van der Waals surface area contributed by atoms with E-state index in [-0.39, 0.29) is 18.9 Å². The van der Waals surface area contributed by atoms with Gasteiger partial charge in [0.1, 0.15) is 12.4 Å². The number of rotatable bonds is 11. The van der Waals surface area contributed by atoms with Crippen molar-refractivity contribution < 1.29 is 19.5 Å². The first-order valence-electron chi connectivity index (χ1n) is 11.6. The second kappa shape index (κ2) is 12.0. The van der Waals surface area contributed by atoms with Gasteiger partial charge in [-0.05, 0) is 62.1 Å². The predicted molar refractivity (Wildman–Crippen MR) is 133 cm³/mol. The highest BCUT2D eigenvalue weighted by Gasteiger charge is 2.22. The molecule has 6 heteroatoms. The van der Waals surface area contributed by atoms with Crippen molar-refractivity contribution >= 4 is 12.3 Å². The monoisotopic (exact) mass is 460 g/mol. The van der Waals surface area contributed by atoms with E-state index < -0.39 is 6.04 Å². The Morgan fingerprint density at radius 1 is 0.941 bits per heavy atom. The summed E-state index contributed by atoms with van der Waals surface area (Å²) >= 11 is 0. The molecule has 0 radical (unpaired) electrons. The molecule has 1 atom stereocenters. The number of nitrogens with zero attached hydrogens (tertiary/aromatic N) is 2. The first-order chi connectivity index (χ1) is 16.5. The van der Waals surface area contributed by atoms with Gasteiger partial charge in [-0.1, -0.05) is 60.2 Å². The first kappa shape index (κ1) is 25.0. The van der Waals surface area contributed by atoms with E-state index in [1.807, 2.05) is 56.3 Å². The lowest BCUT2D eigenvalue weighted by molar-refractivity contribution is -0.162. The summed E-state index contributed by atoms with van der Waals surface area (Å²) in [4.78, 5) is 26.0. The highest BCUT2D eigenvalue weighted by molar-refractivity contribution is 5.95. The van der Waals surface area contributed by atoms with E-state index in [0.29, 0.717) is 35.9 Å². The molecule has 2 amide bonds. The van der Waals surface area contributed by atoms with Crippen LogP contribution < -0.4 is 4.74 Å². The molecular formula is C28H32N2O4. The summed E-state index contributed by atoms with van der Waals surface area (Å²) in [5, 5.41) is 10.8. The molecule has 0 aliphatic heterocycles. The molecule has 0 heterocycles. The predicted octanol–water partition coefficient (Wildman–Crippen LogP) is 4.98. The van der Waals surface area contributed by atoms with Gasteiger partial charge in [0.05, 0.1) is 6.04 Å². The molecule has 0 saturated heterocycles. The molecule has 1 N–H and O–H groups in total. The zero-order valence-electron chi connectivity index (χ0n) is 20.0. The fourth-order valence-corrected chi connectivity index (χ4v) is 3.84. The number of hydrogen-bond acceptors (Lipinski definition) is 4. The largest absolute Gasteiger partial charge is 0.491 e. The minimum absolute atomic E-state index is 0.0671. The van der Waals surface area contributed by atoms with E-state index in [1.54, 1.807) is 11.0 Å². The fourth-order valence-electron chi connectivity index (χ4n) is 3.84. The second-order valence-electron chi connectivity index (χ2n) is 8.18. The van der Waals surface area contributed by atoms with E-state index in [9.17, 15) is 14.8 Å². The lowest BCUT2D eigenvalue weighted by Crippen LogP contribution is -2.39. The number of amides is 2. The molecule has 0 bridgehead atoms. The zero-order valence-corrected chi connectivity index (χ0v) is 20.0. The number of hydrogen-bond donors (Lipinski definition) is 1. The molecule has 1 unspecified atom stereocenters. The van der Waals surface area contributed by atoms with Crippen LogP contribution >= 0.6 is 0 Å². The highest BCUT2D eigenvalue weighted by atomic mass is 16.5. The Bertz CT molecular complexity index is 1080. The molecule has 0 spiro atoms. The van der Waals surface area contributed by atoms with Crippen molar-refractivity contribution in [2.75, 3.05) is 19.7 Å². The molecule has 0 saturated carbocycles. The lowest BCUT2D eigenvalue weighted by atomic mass is 9.99. The van der Waals surface area contributed by atoms with Crippen LogP contribution in [-0.2, 0) is 11.2 Å². The minimum atomic E-state index is -0.653. The molecule has 3 aromatic carbocycles. The van der Waals surface area contributed by atoms with Crippen LogP contribution in [0, 0.1) is 6.92 Å². The first-order valence-corrected chi connectivity index (χ1v) is 11.6. The molecular weight excluding hydrogens is 428 g/mol.